The topological polar surface area (TPSA) is 84.8 Å². The van der Waals surface area contributed by atoms with E-state index < -0.39 is 5.97 Å². The van der Waals surface area contributed by atoms with Gasteiger partial charge in [-0.05, 0) is 25.0 Å². The Hall–Kier alpha value is -2.83. The van der Waals surface area contributed by atoms with Crippen molar-refractivity contribution in [1.82, 2.24) is 9.97 Å². The Kier molecular flexibility index (Phi) is 4.50. The van der Waals surface area contributed by atoms with Crippen molar-refractivity contribution < 1.29 is 19.4 Å². The Morgan fingerprint density at radius 1 is 1.25 bits per heavy atom. The van der Waals surface area contributed by atoms with Gasteiger partial charge in [-0.1, -0.05) is 0 Å². The van der Waals surface area contributed by atoms with E-state index in [1.54, 1.807) is 14.2 Å². The van der Waals surface area contributed by atoms with Gasteiger partial charge in [0.05, 0.1) is 32.7 Å². The number of benzene rings is 1. The Bertz CT molecular complexity index is 733. The van der Waals surface area contributed by atoms with Crippen LogP contribution < -0.4 is 14.4 Å². The van der Waals surface area contributed by atoms with Gasteiger partial charge in [-0.3, -0.25) is 0 Å². The average Bonchev–Trinajstić information content (AvgIpc) is 3.10. The smallest absolute Gasteiger partial charge is 0.356 e. The number of rotatable bonds is 5. The molecular weight excluding hydrogens is 310 g/mol. The van der Waals surface area contributed by atoms with Gasteiger partial charge in [-0.25, -0.2) is 14.8 Å². The quantitative estimate of drug-likeness (QED) is 0.902. The lowest BCUT2D eigenvalue weighted by atomic mass is 10.0. The molecule has 1 aliphatic rings. The van der Waals surface area contributed by atoms with Gasteiger partial charge in [0.1, 0.15) is 17.3 Å². The lowest BCUT2D eigenvalue weighted by Crippen LogP contribution is -2.24. The number of carboxylic acids is 1. The van der Waals surface area contributed by atoms with Gasteiger partial charge in [0, 0.05) is 18.2 Å². The van der Waals surface area contributed by atoms with Gasteiger partial charge < -0.3 is 19.5 Å². The molecule has 1 atom stereocenters. The fraction of sp³-hybridized carbons (Fsp3) is 0.353. The molecule has 0 amide bonds. The van der Waals surface area contributed by atoms with Crippen LogP contribution in [0, 0.1) is 0 Å². The van der Waals surface area contributed by atoms with Crippen LogP contribution in [0.4, 0.5) is 5.82 Å². The number of methoxy groups -OCH3 is 2. The van der Waals surface area contributed by atoms with E-state index in [1.165, 1.54) is 12.4 Å². The van der Waals surface area contributed by atoms with E-state index in [-0.39, 0.29) is 11.7 Å². The Balaban J connectivity index is 1.92. The highest BCUT2D eigenvalue weighted by molar-refractivity contribution is 5.84. The molecule has 1 unspecified atom stereocenters. The summed E-state index contributed by atoms with van der Waals surface area (Å²) in [5, 5.41) is 8.94. The number of carbonyl (C=O) groups is 1. The van der Waals surface area contributed by atoms with Crippen molar-refractivity contribution in [1.29, 1.82) is 0 Å². The van der Waals surface area contributed by atoms with E-state index in [4.69, 9.17) is 14.6 Å². The summed E-state index contributed by atoms with van der Waals surface area (Å²) >= 11 is 0. The minimum atomic E-state index is -1.08. The van der Waals surface area contributed by atoms with Gasteiger partial charge in [0.2, 0.25) is 0 Å². The molecule has 24 heavy (non-hydrogen) atoms. The summed E-state index contributed by atoms with van der Waals surface area (Å²) in [7, 11) is 3.26. The van der Waals surface area contributed by atoms with E-state index >= 15 is 0 Å². The number of hydrogen-bond donors (Lipinski definition) is 1. The molecule has 0 bridgehead atoms. The van der Waals surface area contributed by atoms with E-state index in [1.807, 2.05) is 18.2 Å². The molecule has 1 aromatic carbocycles. The monoisotopic (exact) mass is 329 g/mol. The number of ether oxygens (including phenoxy) is 2. The SMILES string of the molecule is COc1ccc(C2CCCN2c2cnc(C(=O)O)cn2)c(OC)c1. The number of hydrogen-bond acceptors (Lipinski definition) is 6. The molecule has 126 valence electrons. The van der Waals surface area contributed by atoms with E-state index in [0.717, 1.165) is 36.4 Å². The number of anilines is 1. The van der Waals surface area contributed by atoms with Crippen molar-refractivity contribution in [2.75, 3.05) is 25.7 Å². The first-order valence-electron chi connectivity index (χ1n) is 7.68. The molecule has 1 fully saturated rings. The first kappa shape index (κ1) is 16.0. The summed E-state index contributed by atoms with van der Waals surface area (Å²) in [5.41, 5.74) is 0.997. The standard InChI is InChI=1S/C17H19N3O4/c1-23-11-5-6-12(15(8-11)24-2)14-4-3-7-20(14)16-10-18-13(9-19-16)17(21)22/h5-6,8-10,14H,3-4,7H2,1-2H3,(H,21,22). The maximum atomic E-state index is 10.9. The van der Waals surface area contributed by atoms with Crippen molar-refractivity contribution in [3.63, 3.8) is 0 Å². The Labute approximate surface area is 139 Å². The second kappa shape index (κ2) is 6.74. The van der Waals surface area contributed by atoms with Gasteiger partial charge in [0.15, 0.2) is 5.69 Å². The number of aromatic carboxylic acids is 1. The second-order valence-corrected chi connectivity index (χ2v) is 5.52. The Morgan fingerprint density at radius 3 is 2.71 bits per heavy atom. The molecule has 1 aromatic heterocycles. The van der Waals surface area contributed by atoms with Crippen LogP contribution in [0.25, 0.3) is 0 Å². The minimum Gasteiger partial charge on any atom is -0.497 e. The largest absolute Gasteiger partial charge is 0.497 e. The lowest BCUT2D eigenvalue weighted by Gasteiger charge is -2.27. The average molecular weight is 329 g/mol. The molecule has 1 saturated heterocycles. The van der Waals surface area contributed by atoms with Crippen molar-refractivity contribution in [3.8, 4) is 11.5 Å². The highest BCUT2D eigenvalue weighted by Crippen LogP contribution is 2.40. The molecule has 3 rings (SSSR count). The molecule has 2 aromatic rings. The van der Waals surface area contributed by atoms with Crippen LogP contribution in [-0.2, 0) is 0 Å². The van der Waals surface area contributed by atoms with Crippen LogP contribution in [0.2, 0.25) is 0 Å². The van der Waals surface area contributed by atoms with E-state index in [0.29, 0.717) is 5.82 Å². The van der Waals surface area contributed by atoms with Gasteiger partial charge >= 0.3 is 5.97 Å². The normalized spacial score (nSPS) is 16.9. The molecular formula is C17H19N3O4. The lowest BCUT2D eigenvalue weighted by molar-refractivity contribution is 0.0690. The Morgan fingerprint density at radius 2 is 2.08 bits per heavy atom. The molecule has 2 heterocycles. The third-order valence-electron chi connectivity index (χ3n) is 4.20. The minimum absolute atomic E-state index is 0.0588. The van der Waals surface area contributed by atoms with Crippen LogP contribution in [0.1, 0.15) is 34.9 Å². The molecule has 0 aliphatic carbocycles. The predicted octanol–water partition coefficient (Wildman–Crippen LogP) is 2.53. The molecule has 7 heteroatoms. The van der Waals surface area contributed by atoms with Crippen molar-refractivity contribution in [2.45, 2.75) is 18.9 Å². The number of aromatic nitrogens is 2. The summed E-state index contributed by atoms with van der Waals surface area (Å²) in [6, 6.07) is 5.88. The highest BCUT2D eigenvalue weighted by atomic mass is 16.5. The maximum absolute atomic E-state index is 10.9. The summed E-state index contributed by atoms with van der Waals surface area (Å²) in [6.45, 7) is 0.834. The van der Waals surface area contributed by atoms with Crippen molar-refractivity contribution in [3.05, 3.63) is 41.9 Å². The highest BCUT2D eigenvalue weighted by Gasteiger charge is 2.29. The summed E-state index contributed by atoms with van der Waals surface area (Å²) in [5.74, 6) is 1.09. The van der Waals surface area contributed by atoms with Crippen molar-refractivity contribution in [2.24, 2.45) is 0 Å². The van der Waals surface area contributed by atoms with Crippen LogP contribution in [-0.4, -0.2) is 41.8 Å². The van der Waals surface area contributed by atoms with Crippen LogP contribution >= 0.6 is 0 Å². The number of nitrogens with zero attached hydrogens (tertiary/aromatic N) is 3. The first-order valence-corrected chi connectivity index (χ1v) is 7.68. The zero-order valence-corrected chi connectivity index (χ0v) is 13.6. The maximum Gasteiger partial charge on any atom is 0.356 e. The third kappa shape index (κ3) is 2.97. The summed E-state index contributed by atoms with van der Waals surface area (Å²) < 4.78 is 10.8. The van der Waals surface area contributed by atoms with Gasteiger partial charge in [-0.2, -0.15) is 0 Å². The summed E-state index contributed by atoms with van der Waals surface area (Å²) in [6.07, 6.45) is 4.78. The van der Waals surface area contributed by atoms with E-state index in [2.05, 4.69) is 14.9 Å². The third-order valence-corrected chi connectivity index (χ3v) is 4.20. The fourth-order valence-electron chi connectivity index (χ4n) is 3.04. The molecule has 1 N–H and O–H groups in total. The van der Waals surface area contributed by atoms with Crippen molar-refractivity contribution >= 4 is 11.8 Å². The molecule has 0 radical (unpaired) electrons. The van der Waals surface area contributed by atoms with Crippen LogP contribution in [0.5, 0.6) is 11.5 Å². The first-order chi connectivity index (χ1) is 11.6. The zero-order valence-electron chi connectivity index (χ0n) is 13.6. The fourth-order valence-corrected chi connectivity index (χ4v) is 3.04. The van der Waals surface area contributed by atoms with E-state index in [9.17, 15) is 4.79 Å². The van der Waals surface area contributed by atoms with Crippen LogP contribution in [0.3, 0.4) is 0 Å². The predicted molar refractivity (Wildman–Crippen MR) is 87.9 cm³/mol. The molecule has 7 nitrogen and oxygen atoms in total. The zero-order chi connectivity index (χ0) is 17.1. The van der Waals surface area contributed by atoms with Gasteiger partial charge in [-0.15, -0.1) is 0 Å². The summed E-state index contributed by atoms with van der Waals surface area (Å²) in [4.78, 5) is 21.3. The molecule has 0 saturated carbocycles. The van der Waals surface area contributed by atoms with Gasteiger partial charge in [0.25, 0.3) is 0 Å². The molecule has 0 spiro atoms. The van der Waals surface area contributed by atoms with Crippen LogP contribution in [0.15, 0.2) is 30.6 Å². The molecule has 1 aliphatic heterocycles. The second-order valence-electron chi connectivity index (χ2n) is 5.52. The number of carboxylic acid groups (broad SMARTS) is 1.